The first-order valence-corrected chi connectivity index (χ1v) is 4.18. The van der Waals surface area contributed by atoms with Crippen molar-refractivity contribution >= 4 is 0 Å². The van der Waals surface area contributed by atoms with Gasteiger partial charge in [-0.25, -0.2) is 0 Å². The smallest absolute Gasteiger partial charge is 0.0575 e. The molecule has 2 N–H and O–H groups in total. The van der Waals surface area contributed by atoms with E-state index in [-0.39, 0.29) is 6.10 Å². The largest absolute Gasteiger partial charge is 0.393 e. The second kappa shape index (κ2) is 4.38. The molecule has 0 aromatic rings. The Kier molecular flexibility index (Phi) is 3.41. The van der Waals surface area contributed by atoms with Gasteiger partial charge < -0.3 is 10.4 Å². The molecule has 0 aliphatic heterocycles. The molecule has 0 radical (unpaired) electrons. The van der Waals surface area contributed by atoms with Crippen LogP contribution in [0.5, 0.6) is 0 Å². The third kappa shape index (κ3) is 2.92. The highest BCUT2D eigenvalue weighted by Gasteiger charge is 2.17. The first kappa shape index (κ1) is 8.58. The molecule has 1 aliphatic rings. The molecule has 0 amide bonds. The summed E-state index contributed by atoms with van der Waals surface area (Å²) in [5, 5.41) is 12.4. The molecule has 2 nitrogen and oxygen atoms in total. The molecule has 0 aromatic heterocycles. The molecule has 1 aliphatic carbocycles. The van der Waals surface area contributed by atoms with Crippen LogP contribution < -0.4 is 5.32 Å². The van der Waals surface area contributed by atoms with Crippen molar-refractivity contribution in [1.82, 2.24) is 5.32 Å². The van der Waals surface area contributed by atoms with Crippen LogP contribution in [0.25, 0.3) is 0 Å². The van der Waals surface area contributed by atoms with Crippen LogP contribution in [0.3, 0.4) is 0 Å². The topological polar surface area (TPSA) is 32.3 Å². The lowest BCUT2D eigenvalue weighted by molar-refractivity contribution is 0.117. The number of rotatable bonds is 2. The van der Waals surface area contributed by atoms with Crippen LogP contribution in [0.1, 0.15) is 25.7 Å². The average molecular weight is 153 g/mol. The van der Waals surface area contributed by atoms with Gasteiger partial charge in [0.25, 0.3) is 0 Å². The van der Waals surface area contributed by atoms with E-state index in [1.165, 1.54) is 0 Å². The third-order valence-electron chi connectivity index (χ3n) is 2.19. The quantitative estimate of drug-likeness (QED) is 0.567. The summed E-state index contributed by atoms with van der Waals surface area (Å²) < 4.78 is 0. The van der Waals surface area contributed by atoms with E-state index in [0.29, 0.717) is 12.6 Å². The molecule has 11 heavy (non-hydrogen) atoms. The van der Waals surface area contributed by atoms with Crippen LogP contribution in [0, 0.1) is 12.3 Å². The third-order valence-corrected chi connectivity index (χ3v) is 2.19. The summed E-state index contributed by atoms with van der Waals surface area (Å²) in [4.78, 5) is 0. The van der Waals surface area contributed by atoms with Gasteiger partial charge in [-0.05, 0) is 25.7 Å². The van der Waals surface area contributed by atoms with E-state index in [1.54, 1.807) is 0 Å². The minimum atomic E-state index is -0.0705. The maximum atomic E-state index is 9.18. The Labute approximate surface area is 68.0 Å². The van der Waals surface area contributed by atoms with E-state index in [9.17, 15) is 5.11 Å². The molecule has 1 saturated carbocycles. The number of aliphatic hydroxyl groups is 1. The van der Waals surface area contributed by atoms with Crippen LogP contribution in [-0.2, 0) is 0 Å². The van der Waals surface area contributed by atoms with Crippen molar-refractivity contribution in [3.8, 4) is 12.3 Å². The molecule has 0 heterocycles. The maximum absolute atomic E-state index is 9.18. The lowest BCUT2D eigenvalue weighted by Gasteiger charge is -2.25. The van der Waals surface area contributed by atoms with Crippen molar-refractivity contribution in [2.75, 3.05) is 6.54 Å². The highest BCUT2D eigenvalue weighted by atomic mass is 16.3. The minimum absolute atomic E-state index is 0.0705. The van der Waals surface area contributed by atoms with Crippen LogP contribution in [-0.4, -0.2) is 23.8 Å². The van der Waals surface area contributed by atoms with Gasteiger partial charge in [-0.1, -0.05) is 5.92 Å². The maximum Gasteiger partial charge on any atom is 0.0575 e. The summed E-state index contributed by atoms with van der Waals surface area (Å²) in [6.45, 7) is 0.654. The Morgan fingerprint density at radius 1 is 1.36 bits per heavy atom. The van der Waals surface area contributed by atoms with E-state index in [4.69, 9.17) is 6.42 Å². The standard InChI is InChI=1S/C9H15NO/c1-2-7-10-8-3-5-9(11)6-4-8/h1,8-11H,3-7H2. The Balaban J connectivity index is 2.13. The number of nitrogens with one attached hydrogen (secondary N) is 1. The Hall–Kier alpha value is -0.520. The zero-order valence-corrected chi connectivity index (χ0v) is 6.71. The van der Waals surface area contributed by atoms with Gasteiger partial charge in [0.2, 0.25) is 0 Å². The molecular formula is C9H15NO. The molecule has 0 aromatic carbocycles. The van der Waals surface area contributed by atoms with E-state index in [1.807, 2.05) is 0 Å². The van der Waals surface area contributed by atoms with Gasteiger partial charge in [-0.3, -0.25) is 0 Å². The molecule has 0 atom stereocenters. The minimum Gasteiger partial charge on any atom is -0.393 e. The average Bonchev–Trinajstić information content (AvgIpc) is 2.04. The lowest BCUT2D eigenvalue weighted by atomic mass is 9.93. The van der Waals surface area contributed by atoms with E-state index in [0.717, 1.165) is 25.7 Å². The lowest BCUT2D eigenvalue weighted by Crippen LogP contribution is -2.34. The van der Waals surface area contributed by atoms with E-state index < -0.39 is 0 Å². The van der Waals surface area contributed by atoms with Gasteiger partial charge in [0.05, 0.1) is 12.6 Å². The van der Waals surface area contributed by atoms with Gasteiger partial charge in [0.1, 0.15) is 0 Å². The number of aliphatic hydroxyl groups excluding tert-OH is 1. The fraction of sp³-hybridized carbons (Fsp3) is 0.778. The van der Waals surface area contributed by atoms with Crippen molar-refractivity contribution in [1.29, 1.82) is 0 Å². The van der Waals surface area contributed by atoms with Crippen molar-refractivity contribution < 1.29 is 5.11 Å². The second-order valence-electron chi connectivity index (χ2n) is 3.09. The second-order valence-corrected chi connectivity index (χ2v) is 3.09. The Morgan fingerprint density at radius 2 is 2.00 bits per heavy atom. The SMILES string of the molecule is C#CCNC1CCC(O)CC1. The number of terminal acetylenes is 1. The summed E-state index contributed by atoms with van der Waals surface area (Å²) in [5.74, 6) is 2.55. The molecule has 1 rings (SSSR count). The summed E-state index contributed by atoms with van der Waals surface area (Å²) in [7, 11) is 0. The fourth-order valence-corrected chi connectivity index (χ4v) is 1.48. The highest BCUT2D eigenvalue weighted by molar-refractivity contribution is 4.89. The van der Waals surface area contributed by atoms with E-state index in [2.05, 4.69) is 11.2 Å². The molecule has 0 bridgehead atoms. The van der Waals surface area contributed by atoms with Crippen molar-refractivity contribution in [2.45, 2.75) is 37.8 Å². The van der Waals surface area contributed by atoms with Crippen molar-refractivity contribution in [3.63, 3.8) is 0 Å². The fourth-order valence-electron chi connectivity index (χ4n) is 1.48. The van der Waals surface area contributed by atoms with Gasteiger partial charge in [0, 0.05) is 6.04 Å². The molecule has 0 spiro atoms. The molecular weight excluding hydrogens is 138 g/mol. The molecule has 0 saturated heterocycles. The van der Waals surface area contributed by atoms with Crippen LogP contribution in [0.2, 0.25) is 0 Å². The van der Waals surface area contributed by atoms with Crippen LogP contribution in [0.15, 0.2) is 0 Å². The van der Waals surface area contributed by atoms with Gasteiger partial charge >= 0.3 is 0 Å². The number of hydrogen-bond donors (Lipinski definition) is 2. The molecule has 0 unspecified atom stereocenters. The summed E-state index contributed by atoms with van der Waals surface area (Å²) in [6, 6.07) is 0.537. The van der Waals surface area contributed by atoms with Gasteiger partial charge in [-0.2, -0.15) is 0 Å². The predicted molar refractivity (Wildman–Crippen MR) is 45.1 cm³/mol. The summed E-state index contributed by atoms with van der Waals surface area (Å²) >= 11 is 0. The van der Waals surface area contributed by atoms with Gasteiger partial charge in [-0.15, -0.1) is 6.42 Å². The Bertz CT molecular complexity index is 142. The molecule has 62 valence electrons. The first-order valence-electron chi connectivity index (χ1n) is 4.18. The highest BCUT2D eigenvalue weighted by Crippen LogP contribution is 2.17. The monoisotopic (exact) mass is 153 g/mol. The first-order chi connectivity index (χ1) is 5.33. The van der Waals surface area contributed by atoms with E-state index >= 15 is 0 Å². The summed E-state index contributed by atoms with van der Waals surface area (Å²) in [5.41, 5.74) is 0. The summed E-state index contributed by atoms with van der Waals surface area (Å²) in [6.07, 6.45) is 9.00. The van der Waals surface area contributed by atoms with Gasteiger partial charge in [0.15, 0.2) is 0 Å². The van der Waals surface area contributed by atoms with Crippen molar-refractivity contribution in [2.24, 2.45) is 0 Å². The number of hydrogen-bond acceptors (Lipinski definition) is 2. The normalized spacial score (nSPS) is 31.3. The zero-order valence-electron chi connectivity index (χ0n) is 6.71. The van der Waals surface area contributed by atoms with Crippen LogP contribution in [0.4, 0.5) is 0 Å². The zero-order chi connectivity index (χ0) is 8.10. The van der Waals surface area contributed by atoms with Crippen LogP contribution >= 0.6 is 0 Å². The Morgan fingerprint density at radius 3 is 2.55 bits per heavy atom. The van der Waals surface area contributed by atoms with Crippen molar-refractivity contribution in [3.05, 3.63) is 0 Å². The molecule has 1 fully saturated rings. The predicted octanol–water partition coefficient (Wildman–Crippen LogP) is 0.513. The molecule has 2 heteroatoms.